The number of anilines is 1. The second-order valence-electron chi connectivity index (χ2n) is 8.86. The first-order chi connectivity index (χ1) is 14.4. The fourth-order valence-corrected chi connectivity index (χ4v) is 4.86. The van der Waals surface area contributed by atoms with Crippen molar-refractivity contribution in [2.45, 2.75) is 38.0 Å². The number of hydrogen-bond acceptors (Lipinski definition) is 3. The van der Waals surface area contributed by atoms with Crippen molar-refractivity contribution in [2.75, 3.05) is 24.5 Å². The lowest BCUT2D eigenvalue weighted by atomic mass is 9.86. The first kappa shape index (κ1) is 19.5. The lowest BCUT2D eigenvalue weighted by Gasteiger charge is -2.24. The van der Waals surface area contributed by atoms with E-state index >= 15 is 0 Å². The van der Waals surface area contributed by atoms with Crippen LogP contribution in [0.3, 0.4) is 0 Å². The molecule has 1 spiro atoms. The monoisotopic (exact) mass is 427 g/mol. The highest BCUT2D eigenvalue weighted by atomic mass is 35.5. The number of benzene rings is 1. The average molecular weight is 428 g/mol. The van der Waals surface area contributed by atoms with E-state index in [1.54, 1.807) is 17.0 Å². The number of nitrogens with zero attached hydrogens (tertiary/aromatic N) is 3. The molecular formula is C23H23ClFN3O2. The Morgan fingerprint density at radius 1 is 1.23 bits per heavy atom. The van der Waals surface area contributed by atoms with Gasteiger partial charge in [0.1, 0.15) is 11.6 Å². The third-order valence-corrected chi connectivity index (χ3v) is 6.76. The van der Waals surface area contributed by atoms with Crippen molar-refractivity contribution < 1.29 is 14.0 Å². The van der Waals surface area contributed by atoms with Gasteiger partial charge >= 0.3 is 0 Å². The summed E-state index contributed by atoms with van der Waals surface area (Å²) in [5.74, 6) is 0.759. The van der Waals surface area contributed by atoms with Gasteiger partial charge in [0.15, 0.2) is 0 Å². The zero-order valence-corrected chi connectivity index (χ0v) is 17.4. The summed E-state index contributed by atoms with van der Waals surface area (Å²) in [6.45, 7) is 1.72. The van der Waals surface area contributed by atoms with Crippen LogP contribution in [0.15, 0.2) is 36.5 Å². The summed E-state index contributed by atoms with van der Waals surface area (Å²) < 4.78 is 14.3. The van der Waals surface area contributed by atoms with Gasteiger partial charge in [-0.2, -0.15) is 0 Å². The fourth-order valence-electron chi connectivity index (χ4n) is 4.75. The first-order valence-electron chi connectivity index (χ1n) is 10.4. The Bertz CT molecular complexity index is 1010. The summed E-state index contributed by atoms with van der Waals surface area (Å²) in [6, 6.07) is 8.67. The number of carbonyl (C=O) groups excluding carboxylic acids is 2. The van der Waals surface area contributed by atoms with Crippen molar-refractivity contribution in [3.05, 3.63) is 58.5 Å². The molecule has 1 aliphatic carbocycles. The van der Waals surface area contributed by atoms with E-state index in [1.165, 1.54) is 12.3 Å². The number of rotatable bonds is 4. The van der Waals surface area contributed by atoms with E-state index < -0.39 is 0 Å². The van der Waals surface area contributed by atoms with Gasteiger partial charge in [-0.25, -0.2) is 9.37 Å². The highest BCUT2D eigenvalue weighted by molar-refractivity contribution is 6.30. The predicted molar refractivity (Wildman–Crippen MR) is 112 cm³/mol. The number of pyridine rings is 1. The molecule has 0 bridgehead atoms. The lowest BCUT2D eigenvalue weighted by Crippen LogP contribution is -2.35. The summed E-state index contributed by atoms with van der Waals surface area (Å²) >= 11 is 5.90. The Morgan fingerprint density at radius 2 is 2.07 bits per heavy atom. The maximum atomic E-state index is 14.3. The molecule has 2 amide bonds. The van der Waals surface area contributed by atoms with Gasteiger partial charge in [-0.3, -0.25) is 14.5 Å². The molecule has 5 nitrogen and oxygen atoms in total. The van der Waals surface area contributed by atoms with Crippen molar-refractivity contribution in [2.24, 2.45) is 5.41 Å². The molecule has 7 heteroatoms. The predicted octanol–water partition coefficient (Wildman–Crippen LogP) is 3.95. The van der Waals surface area contributed by atoms with Gasteiger partial charge in [0.05, 0.1) is 11.4 Å². The molecule has 1 saturated carbocycles. The van der Waals surface area contributed by atoms with E-state index in [9.17, 15) is 14.0 Å². The fraction of sp³-hybridized carbons (Fsp3) is 0.435. The molecule has 3 heterocycles. The molecule has 0 N–H and O–H groups in total. The molecule has 3 fully saturated rings. The van der Waals surface area contributed by atoms with Crippen molar-refractivity contribution in [1.82, 2.24) is 9.88 Å². The summed E-state index contributed by atoms with van der Waals surface area (Å²) in [4.78, 5) is 33.2. The molecule has 1 aromatic heterocycles. The van der Waals surface area contributed by atoms with E-state index in [4.69, 9.17) is 11.6 Å². The number of halogens is 2. The first-order valence-corrected chi connectivity index (χ1v) is 10.8. The van der Waals surface area contributed by atoms with Crippen molar-refractivity contribution in [1.29, 1.82) is 0 Å². The molecule has 2 saturated heterocycles. The normalized spacial score (nSPS) is 23.6. The van der Waals surface area contributed by atoms with Crippen LogP contribution in [-0.4, -0.2) is 41.3 Å². The van der Waals surface area contributed by atoms with Crippen LogP contribution in [0.2, 0.25) is 5.02 Å². The van der Waals surface area contributed by atoms with Gasteiger partial charge in [-0.1, -0.05) is 23.7 Å². The van der Waals surface area contributed by atoms with Crippen molar-refractivity contribution >= 4 is 29.2 Å². The van der Waals surface area contributed by atoms with E-state index in [-0.39, 0.29) is 29.5 Å². The minimum atomic E-state index is -0.241. The number of carbonyl (C=O) groups is 2. The SMILES string of the molecule is O=C(Cc1ccc(C2CC2)c(F)c1)N1CCC2(CC(=O)N(c3ccc(Cl)cn3)C2)C1. The minimum absolute atomic E-state index is 0.0130. The Labute approximate surface area is 179 Å². The third-order valence-electron chi connectivity index (χ3n) is 6.54. The topological polar surface area (TPSA) is 53.5 Å². The summed E-state index contributed by atoms with van der Waals surface area (Å²) in [6.07, 6.45) is 5.01. The standard InChI is InChI=1S/C23H23ClFN3O2/c24-17-4-6-20(26-12-17)28-14-23(11-22(28)30)7-8-27(13-23)21(29)10-15-1-5-18(16-2-3-16)19(25)9-15/h1,4-6,9,12,16H,2-3,7-8,10-11,13-14H2. The largest absolute Gasteiger partial charge is 0.342 e. The van der Waals surface area contributed by atoms with Crippen molar-refractivity contribution in [3.8, 4) is 0 Å². The van der Waals surface area contributed by atoms with Gasteiger partial charge in [0.2, 0.25) is 11.8 Å². The number of likely N-dealkylation sites (tertiary alicyclic amines) is 1. The van der Waals surface area contributed by atoms with Crippen molar-refractivity contribution in [3.63, 3.8) is 0 Å². The number of amides is 2. The van der Waals surface area contributed by atoms with E-state index in [2.05, 4.69) is 4.98 Å². The van der Waals surface area contributed by atoms with Crippen LogP contribution in [-0.2, 0) is 16.0 Å². The highest BCUT2D eigenvalue weighted by Crippen LogP contribution is 2.42. The summed E-state index contributed by atoms with van der Waals surface area (Å²) in [5.41, 5.74) is 1.24. The van der Waals surface area contributed by atoms with Gasteiger partial charge in [0, 0.05) is 37.7 Å². The molecule has 1 aromatic carbocycles. The Kier molecular flexibility index (Phi) is 4.77. The molecule has 5 rings (SSSR count). The summed E-state index contributed by atoms with van der Waals surface area (Å²) in [5, 5.41) is 0.527. The maximum absolute atomic E-state index is 14.3. The number of aromatic nitrogens is 1. The van der Waals surface area contributed by atoms with E-state index in [1.807, 2.05) is 17.0 Å². The molecule has 1 unspecified atom stereocenters. The minimum Gasteiger partial charge on any atom is -0.342 e. The second kappa shape index (κ2) is 7.34. The molecule has 156 valence electrons. The highest BCUT2D eigenvalue weighted by Gasteiger charge is 2.49. The lowest BCUT2D eigenvalue weighted by molar-refractivity contribution is -0.130. The zero-order chi connectivity index (χ0) is 20.9. The Hall–Kier alpha value is -2.47. The van der Waals surface area contributed by atoms with Crippen LogP contribution in [0.25, 0.3) is 0 Å². The van der Waals surface area contributed by atoms with Crippen LogP contribution in [0, 0.1) is 11.2 Å². The molecule has 2 aromatic rings. The summed E-state index contributed by atoms with van der Waals surface area (Å²) in [7, 11) is 0. The molecule has 1 atom stereocenters. The quantitative estimate of drug-likeness (QED) is 0.742. The van der Waals surface area contributed by atoms with E-state index in [0.29, 0.717) is 48.4 Å². The van der Waals surface area contributed by atoms with Gasteiger partial charge in [-0.05, 0) is 54.5 Å². The molecular weight excluding hydrogens is 405 g/mol. The van der Waals surface area contributed by atoms with Crippen LogP contribution < -0.4 is 4.90 Å². The van der Waals surface area contributed by atoms with E-state index in [0.717, 1.165) is 24.8 Å². The maximum Gasteiger partial charge on any atom is 0.228 e. The van der Waals surface area contributed by atoms with Crippen LogP contribution in [0.1, 0.15) is 42.7 Å². The number of hydrogen-bond donors (Lipinski definition) is 0. The molecule has 3 aliphatic rings. The van der Waals surface area contributed by atoms with Gasteiger partial charge < -0.3 is 4.90 Å². The van der Waals surface area contributed by atoms with Crippen LogP contribution in [0.4, 0.5) is 10.2 Å². The Balaban J connectivity index is 1.24. The van der Waals surface area contributed by atoms with Gasteiger partial charge in [0.25, 0.3) is 0 Å². The Morgan fingerprint density at radius 3 is 2.77 bits per heavy atom. The molecule has 30 heavy (non-hydrogen) atoms. The van der Waals surface area contributed by atoms with Gasteiger partial charge in [-0.15, -0.1) is 0 Å². The van der Waals surface area contributed by atoms with Crippen LogP contribution >= 0.6 is 11.6 Å². The van der Waals surface area contributed by atoms with Crippen LogP contribution in [0.5, 0.6) is 0 Å². The molecule has 0 radical (unpaired) electrons. The zero-order valence-electron chi connectivity index (χ0n) is 16.6. The smallest absolute Gasteiger partial charge is 0.228 e. The second-order valence-corrected chi connectivity index (χ2v) is 9.30. The molecule has 2 aliphatic heterocycles. The third kappa shape index (κ3) is 3.69. The average Bonchev–Trinajstić information content (AvgIpc) is 3.39.